The van der Waals surface area contributed by atoms with Gasteiger partial charge in [-0.05, 0) is 0 Å². The molecule has 29 heavy (non-hydrogen) atoms. The summed E-state index contributed by atoms with van der Waals surface area (Å²) in [6.07, 6.45) is 0. The Kier molecular flexibility index (Phi) is 15.0. The van der Waals surface area contributed by atoms with E-state index in [4.69, 9.17) is 0 Å². The second kappa shape index (κ2) is 14.0. The summed E-state index contributed by atoms with van der Waals surface area (Å²) in [7, 11) is 3.62. The first-order valence-corrected chi connectivity index (χ1v) is 9.79. The van der Waals surface area contributed by atoms with Gasteiger partial charge in [-0.15, -0.1) is 0 Å². The zero-order valence-electron chi connectivity index (χ0n) is 17.9. The summed E-state index contributed by atoms with van der Waals surface area (Å²) in [5, 5.41) is 3.18. The molecule has 8 nitrogen and oxygen atoms in total. The first kappa shape index (κ1) is 31.0. The third kappa shape index (κ3) is 9.23. The molecule has 1 saturated heterocycles. The van der Waals surface area contributed by atoms with E-state index >= 15 is 0 Å². The third-order valence-corrected chi connectivity index (χ3v) is 5.97. The van der Waals surface area contributed by atoms with Crippen LogP contribution in [0.2, 0.25) is 0 Å². The molecule has 1 fully saturated rings. The molecule has 1 aliphatic heterocycles. The van der Waals surface area contributed by atoms with Crippen molar-refractivity contribution in [1.29, 1.82) is 0 Å². The van der Waals surface area contributed by atoms with Crippen LogP contribution in [0.5, 0.6) is 0 Å². The number of nitrogens with one attached hydrogen (secondary N) is 1. The van der Waals surface area contributed by atoms with Crippen LogP contribution >= 0.6 is 0 Å². The second-order valence-corrected chi connectivity index (χ2v) is 8.38. The average molecular weight is 486 g/mol. The van der Waals surface area contributed by atoms with E-state index < -0.39 is 24.2 Å². The SMILES string of the molecule is CC(=O)C1CN(C)C(C(C)=O)CN(C)C(C(C)=O)C[N]([Ti+2])C(C(C)=O)CN1.[Cl-].[Cl-]. The molecule has 1 aliphatic rings. The van der Waals surface area contributed by atoms with E-state index in [1.807, 2.05) is 20.2 Å². The third-order valence-electron chi connectivity index (χ3n) is 5.20. The molecule has 0 aromatic heterocycles. The molecule has 0 saturated carbocycles. The number of likely N-dealkylation sites (N-methyl/N-ethyl adjacent to an activating group) is 2. The molecule has 0 amide bonds. The predicted molar refractivity (Wildman–Crippen MR) is 97.8 cm³/mol. The van der Waals surface area contributed by atoms with Crippen molar-refractivity contribution in [1.82, 2.24) is 18.5 Å². The summed E-state index contributed by atoms with van der Waals surface area (Å²) < 4.78 is 1.85. The van der Waals surface area contributed by atoms with Gasteiger partial charge in [0.05, 0.1) is 0 Å². The number of hydrogen-bond donors (Lipinski definition) is 1. The zero-order chi connectivity index (χ0) is 20.9. The molecule has 1 N–H and O–H groups in total. The summed E-state index contributed by atoms with van der Waals surface area (Å²) in [4.78, 5) is 52.4. The van der Waals surface area contributed by atoms with Crippen LogP contribution in [0.15, 0.2) is 0 Å². The summed E-state index contributed by atoms with van der Waals surface area (Å²) in [6.45, 7) is 7.48. The Morgan fingerprint density at radius 2 is 1.14 bits per heavy atom. The fourth-order valence-corrected chi connectivity index (χ4v) is 4.05. The molecule has 165 valence electrons. The van der Waals surface area contributed by atoms with E-state index in [0.717, 1.165) is 0 Å². The number of hydrogen-bond acceptors (Lipinski definition) is 8. The number of halogens is 2. The van der Waals surface area contributed by atoms with Crippen molar-refractivity contribution in [2.75, 3.05) is 40.3 Å². The van der Waals surface area contributed by atoms with Crippen LogP contribution in [0, 0.1) is 0 Å². The first-order valence-electron chi connectivity index (χ1n) is 9.09. The first-order chi connectivity index (χ1) is 12.5. The summed E-state index contributed by atoms with van der Waals surface area (Å²) in [5.74, 6) is -0.0883. The largest absolute Gasteiger partial charge is 1.00 e. The molecular weight excluding hydrogens is 455 g/mol. The van der Waals surface area contributed by atoms with Crippen LogP contribution in [0.3, 0.4) is 0 Å². The molecule has 1 heterocycles. The van der Waals surface area contributed by atoms with E-state index in [2.05, 4.69) is 5.32 Å². The molecule has 0 aliphatic carbocycles. The van der Waals surface area contributed by atoms with Crippen molar-refractivity contribution >= 4 is 23.1 Å². The zero-order valence-corrected chi connectivity index (χ0v) is 20.9. The van der Waals surface area contributed by atoms with Crippen LogP contribution in [-0.4, -0.2) is 101 Å². The summed E-state index contributed by atoms with van der Waals surface area (Å²) in [6, 6.07) is -1.75. The number of rotatable bonds is 4. The Morgan fingerprint density at radius 3 is 1.55 bits per heavy atom. The normalized spacial score (nSPS) is 28.1. The maximum atomic E-state index is 12.2. The molecular formula is C18H31Cl2N4O4Ti. The van der Waals surface area contributed by atoms with Gasteiger partial charge in [-0.3, -0.25) is 0 Å². The van der Waals surface area contributed by atoms with Crippen molar-refractivity contribution in [2.45, 2.75) is 51.9 Å². The van der Waals surface area contributed by atoms with Crippen LogP contribution in [0.4, 0.5) is 0 Å². The molecule has 0 spiro atoms. The molecule has 11 heteroatoms. The minimum Gasteiger partial charge on any atom is -1.00 e. The van der Waals surface area contributed by atoms with E-state index in [9.17, 15) is 19.2 Å². The van der Waals surface area contributed by atoms with Crippen LogP contribution in [-0.2, 0) is 39.9 Å². The fourth-order valence-electron chi connectivity index (χ4n) is 3.35. The van der Waals surface area contributed by atoms with Gasteiger partial charge in [0.2, 0.25) is 0 Å². The molecule has 0 radical (unpaired) electrons. The monoisotopic (exact) mass is 485 g/mol. The smallest absolute Gasteiger partial charge is 1.00 e. The quantitative estimate of drug-likeness (QED) is 0.393. The standard InChI is InChI=1S/C18H31N4O4.2ClH.Ti/c1-11(23)15-7-19-16(12(2)24)9-21(5)18(14(4)26)10-22(6)17(8-20-15)13(3)25;;;/h15-19H,7-10H2,1-6H3;2*1H;/q-1;;;+3/p-2. The summed E-state index contributed by atoms with van der Waals surface area (Å²) >= 11 is 1.81. The van der Waals surface area contributed by atoms with Crippen molar-refractivity contribution in [3.8, 4) is 0 Å². The molecule has 0 bridgehead atoms. The van der Waals surface area contributed by atoms with Gasteiger partial charge in [0, 0.05) is 0 Å². The predicted octanol–water partition coefficient (Wildman–Crippen LogP) is -6.94. The van der Waals surface area contributed by atoms with Gasteiger partial charge in [-0.25, -0.2) is 0 Å². The minimum absolute atomic E-state index is 0. The Hall–Kier alpha value is -0.186. The van der Waals surface area contributed by atoms with Gasteiger partial charge >= 0.3 is 174 Å². The van der Waals surface area contributed by atoms with Crippen molar-refractivity contribution in [3.63, 3.8) is 0 Å². The van der Waals surface area contributed by atoms with Crippen LogP contribution in [0.25, 0.3) is 0 Å². The Balaban J connectivity index is 0. The van der Waals surface area contributed by atoms with Crippen molar-refractivity contribution in [2.24, 2.45) is 0 Å². The molecule has 4 unspecified atom stereocenters. The molecule has 0 aromatic carbocycles. The number of nitrogens with zero attached hydrogens (tertiary/aromatic N) is 3. The number of Topliss-reactive ketones (excluding diaryl/α,β-unsaturated/α-hetero) is 4. The average Bonchev–Trinajstić information content (AvgIpc) is 2.54. The van der Waals surface area contributed by atoms with Gasteiger partial charge in [0.15, 0.2) is 0 Å². The maximum absolute atomic E-state index is 12.2. The second-order valence-electron chi connectivity index (χ2n) is 7.48. The van der Waals surface area contributed by atoms with Crippen molar-refractivity contribution in [3.05, 3.63) is 0 Å². The maximum Gasteiger partial charge on any atom is -1.00 e. The van der Waals surface area contributed by atoms with E-state index in [-0.39, 0.29) is 47.9 Å². The minimum atomic E-state index is -0.472. The van der Waals surface area contributed by atoms with E-state index in [1.54, 1.807) is 27.7 Å². The van der Waals surface area contributed by atoms with Gasteiger partial charge in [0.25, 0.3) is 0 Å². The Morgan fingerprint density at radius 1 is 0.724 bits per heavy atom. The van der Waals surface area contributed by atoms with Crippen LogP contribution in [0.1, 0.15) is 27.7 Å². The van der Waals surface area contributed by atoms with Gasteiger partial charge < -0.3 is 24.8 Å². The van der Waals surface area contributed by atoms with Gasteiger partial charge in [0.1, 0.15) is 0 Å². The van der Waals surface area contributed by atoms with E-state index in [0.29, 0.717) is 26.2 Å². The Bertz CT molecular complexity index is 596. The fraction of sp³-hybridized carbons (Fsp3) is 0.778. The number of carbonyl (C=O) groups is 4. The molecule has 4 atom stereocenters. The Labute approximate surface area is 198 Å². The van der Waals surface area contributed by atoms with Crippen LogP contribution < -0.4 is 30.1 Å². The molecule has 0 aromatic rings. The number of carbonyl (C=O) groups excluding carboxylic acids is 4. The van der Waals surface area contributed by atoms with E-state index in [1.165, 1.54) is 27.7 Å². The molecule has 1 rings (SSSR count). The van der Waals surface area contributed by atoms with Gasteiger partial charge in [-0.2, -0.15) is 0 Å². The van der Waals surface area contributed by atoms with Gasteiger partial charge in [-0.1, -0.05) is 0 Å². The number of ketones is 4. The van der Waals surface area contributed by atoms with Crippen molar-refractivity contribution < 1.29 is 64.7 Å². The summed E-state index contributed by atoms with van der Waals surface area (Å²) in [5.41, 5.74) is 0. The topological polar surface area (TPSA) is 90.0 Å².